The van der Waals surface area contributed by atoms with Gasteiger partial charge in [0.1, 0.15) is 0 Å². The lowest BCUT2D eigenvalue weighted by molar-refractivity contribution is -0.0275. The van der Waals surface area contributed by atoms with E-state index in [1.807, 2.05) is 24.3 Å². The van der Waals surface area contributed by atoms with Crippen LogP contribution >= 0.6 is 0 Å². The van der Waals surface area contributed by atoms with Crippen molar-refractivity contribution in [1.29, 1.82) is 5.26 Å². The van der Waals surface area contributed by atoms with Crippen molar-refractivity contribution in [3.63, 3.8) is 0 Å². The van der Waals surface area contributed by atoms with E-state index in [0.717, 1.165) is 29.0 Å². The van der Waals surface area contributed by atoms with Gasteiger partial charge in [-0.2, -0.15) is 5.26 Å². The van der Waals surface area contributed by atoms with Crippen LogP contribution in [0, 0.1) is 34.5 Å². The average molecular weight is 264 g/mol. The maximum absolute atomic E-state index is 9.70. The van der Waals surface area contributed by atoms with Gasteiger partial charge in [-0.1, -0.05) is 6.07 Å². The molecule has 0 amide bonds. The van der Waals surface area contributed by atoms with Gasteiger partial charge in [-0.25, -0.2) is 0 Å². The van der Waals surface area contributed by atoms with Crippen LogP contribution < -0.4 is 0 Å². The van der Waals surface area contributed by atoms with E-state index >= 15 is 0 Å². The topological polar surface area (TPSA) is 36.7 Å². The Labute approximate surface area is 120 Å². The molecule has 102 valence electrons. The van der Waals surface area contributed by atoms with Crippen LogP contribution in [0.15, 0.2) is 30.0 Å². The quantitative estimate of drug-likeness (QED) is 0.750. The third-order valence-corrected chi connectivity index (χ3v) is 5.71. The molecule has 20 heavy (non-hydrogen) atoms. The molecule has 0 saturated heterocycles. The van der Waals surface area contributed by atoms with Crippen LogP contribution in [0.4, 0.5) is 0 Å². The van der Waals surface area contributed by atoms with E-state index in [1.54, 1.807) is 6.20 Å². The predicted molar refractivity (Wildman–Crippen MR) is 78.4 cm³/mol. The minimum Gasteiger partial charge on any atom is -0.257 e. The van der Waals surface area contributed by atoms with Crippen molar-refractivity contribution in [2.24, 2.45) is 23.2 Å². The van der Waals surface area contributed by atoms with E-state index in [9.17, 15) is 5.26 Å². The number of rotatable bonds is 2. The van der Waals surface area contributed by atoms with Crippen molar-refractivity contribution in [3.05, 3.63) is 35.7 Å². The zero-order chi connectivity index (χ0) is 13.6. The fourth-order valence-electron chi connectivity index (χ4n) is 5.35. The van der Waals surface area contributed by atoms with Crippen LogP contribution in [0.25, 0.3) is 6.08 Å². The van der Waals surface area contributed by atoms with Crippen molar-refractivity contribution in [2.75, 3.05) is 0 Å². The maximum atomic E-state index is 9.70. The first-order chi connectivity index (χ1) is 9.77. The monoisotopic (exact) mass is 264 g/mol. The molecular weight excluding hydrogens is 244 g/mol. The number of hydrogen-bond donors (Lipinski definition) is 0. The lowest BCUT2D eigenvalue weighted by Gasteiger charge is -2.56. The number of allylic oxidation sites excluding steroid dienone is 1. The van der Waals surface area contributed by atoms with Gasteiger partial charge in [0.25, 0.3) is 0 Å². The van der Waals surface area contributed by atoms with E-state index < -0.39 is 0 Å². The van der Waals surface area contributed by atoms with E-state index in [2.05, 4.69) is 11.1 Å². The largest absolute Gasteiger partial charge is 0.257 e. The molecule has 0 aliphatic heterocycles. The first-order valence-corrected chi connectivity index (χ1v) is 7.81. The summed E-state index contributed by atoms with van der Waals surface area (Å²) in [6.45, 7) is 0. The molecular formula is C18H20N2. The summed E-state index contributed by atoms with van der Waals surface area (Å²) in [5.41, 5.74) is 2.11. The van der Waals surface area contributed by atoms with Gasteiger partial charge in [0.05, 0.1) is 11.8 Å². The van der Waals surface area contributed by atoms with Gasteiger partial charge in [-0.3, -0.25) is 4.98 Å². The van der Waals surface area contributed by atoms with Gasteiger partial charge in [0, 0.05) is 17.2 Å². The van der Waals surface area contributed by atoms with E-state index in [-0.39, 0.29) is 5.41 Å². The first kappa shape index (κ1) is 12.1. The third-order valence-electron chi connectivity index (χ3n) is 5.71. The van der Waals surface area contributed by atoms with Crippen LogP contribution in [0.2, 0.25) is 0 Å². The van der Waals surface area contributed by atoms with Crippen LogP contribution in [-0.2, 0) is 0 Å². The second kappa shape index (κ2) is 4.45. The Morgan fingerprint density at radius 1 is 1.15 bits per heavy atom. The number of hydrogen-bond acceptors (Lipinski definition) is 2. The molecule has 1 aromatic rings. The molecule has 4 saturated carbocycles. The average Bonchev–Trinajstić information content (AvgIpc) is 2.44. The van der Waals surface area contributed by atoms with Gasteiger partial charge in [0.2, 0.25) is 0 Å². The minimum atomic E-state index is 0.182. The fraction of sp³-hybridized carbons (Fsp3) is 0.556. The van der Waals surface area contributed by atoms with Crippen molar-refractivity contribution in [2.45, 2.75) is 38.5 Å². The Morgan fingerprint density at radius 3 is 2.30 bits per heavy atom. The van der Waals surface area contributed by atoms with Crippen molar-refractivity contribution in [3.8, 4) is 6.07 Å². The molecule has 1 heterocycles. The Bertz CT molecular complexity index is 544. The molecule has 0 spiro atoms. The summed E-state index contributed by atoms with van der Waals surface area (Å²) in [4.78, 5) is 4.37. The highest BCUT2D eigenvalue weighted by Gasteiger charge is 2.52. The lowest BCUT2D eigenvalue weighted by Crippen LogP contribution is -2.46. The molecule has 0 N–H and O–H groups in total. The first-order valence-electron chi connectivity index (χ1n) is 7.81. The summed E-state index contributed by atoms with van der Waals surface area (Å²) in [6.07, 6.45) is 11.8. The molecule has 2 nitrogen and oxygen atoms in total. The van der Waals surface area contributed by atoms with Crippen LogP contribution in [0.3, 0.4) is 0 Å². The highest BCUT2D eigenvalue weighted by atomic mass is 14.7. The summed E-state index contributed by atoms with van der Waals surface area (Å²) in [6, 6.07) is 8.44. The summed E-state index contributed by atoms with van der Waals surface area (Å²) in [5.74, 6) is 2.63. The minimum absolute atomic E-state index is 0.182. The normalized spacial score (nSPS) is 38.8. The zero-order valence-corrected chi connectivity index (χ0v) is 11.8. The summed E-state index contributed by atoms with van der Waals surface area (Å²) in [5, 5.41) is 9.70. The van der Waals surface area contributed by atoms with Crippen molar-refractivity contribution in [1.82, 2.24) is 4.98 Å². The van der Waals surface area contributed by atoms with E-state index in [0.29, 0.717) is 0 Å². The van der Waals surface area contributed by atoms with Gasteiger partial charge >= 0.3 is 0 Å². The van der Waals surface area contributed by atoms with Gasteiger partial charge < -0.3 is 0 Å². The highest BCUT2D eigenvalue weighted by Crippen LogP contribution is 2.62. The van der Waals surface area contributed by atoms with Gasteiger partial charge in [0.15, 0.2) is 0 Å². The summed E-state index contributed by atoms with van der Waals surface area (Å²) in [7, 11) is 0. The summed E-state index contributed by atoms with van der Waals surface area (Å²) >= 11 is 0. The zero-order valence-electron chi connectivity index (χ0n) is 11.8. The van der Waals surface area contributed by atoms with E-state index in [4.69, 9.17) is 0 Å². The predicted octanol–water partition coefficient (Wildman–Crippen LogP) is 4.20. The number of pyridine rings is 1. The molecule has 4 fully saturated rings. The Balaban J connectivity index is 1.71. The smallest absolute Gasteiger partial charge is 0.0953 e. The second-order valence-corrected chi connectivity index (χ2v) is 7.12. The molecule has 4 aliphatic rings. The molecule has 5 rings (SSSR count). The Morgan fingerprint density at radius 2 is 1.80 bits per heavy atom. The second-order valence-electron chi connectivity index (χ2n) is 7.12. The van der Waals surface area contributed by atoms with Crippen LogP contribution in [0.1, 0.15) is 44.2 Å². The number of nitrogens with zero attached hydrogens (tertiary/aromatic N) is 2. The molecule has 0 aromatic carbocycles. The van der Waals surface area contributed by atoms with Crippen LogP contribution in [0.5, 0.6) is 0 Å². The van der Waals surface area contributed by atoms with Crippen LogP contribution in [-0.4, -0.2) is 4.98 Å². The SMILES string of the molecule is N#C/C(=C/c1ccccn1)C12CC3CC(CC(C3)C1)C2. The maximum Gasteiger partial charge on any atom is 0.0953 e. The van der Waals surface area contributed by atoms with Crippen molar-refractivity contribution < 1.29 is 0 Å². The molecule has 0 unspecified atom stereocenters. The molecule has 0 radical (unpaired) electrons. The number of nitriles is 1. The summed E-state index contributed by atoms with van der Waals surface area (Å²) < 4.78 is 0. The molecule has 2 heteroatoms. The Kier molecular flexibility index (Phi) is 2.70. The third kappa shape index (κ3) is 1.88. The molecule has 4 bridgehead atoms. The lowest BCUT2D eigenvalue weighted by atomic mass is 9.48. The van der Waals surface area contributed by atoms with Gasteiger partial charge in [-0.05, 0) is 74.5 Å². The highest BCUT2D eigenvalue weighted by molar-refractivity contribution is 5.56. The molecule has 0 atom stereocenters. The van der Waals surface area contributed by atoms with E-state index in [1.165, 1.54) is 38.5 Å². The van der Waals surface area contributed by atoms with Gasteiger partial charge in [-0.15, -0.1) is 0 Å². The standard InChI is InChI=1S/C18H20N2/c19-12-16(8-17-3-1-2-4-20-17)18-9-13-5-14(10-18)7-15(6-13)11-18/h1-4,8,13-15H,5-7,9-11H2/b16-8-. The Hall–Kier alpha value is -1.62. The number of aromatic nitrogens is 1. The molecule has 1 aromatic heterocycles. The fourth-order valence-corrected chi connectivity index (χ4v) is 5.35. The molecule has 4 aliphatic carbocycles. The van der Waals surface area contributed by atoms with Crippen molar-refractivity contribution >= 4 is 6.08 Å².